The van der Waals surface area contributed by atoms with Gasteiger partial charge in [-0.3, -0.25) is 4.79 Å². The molecule has 1 amide bonds. The zero-order chi connectivity index (χ0) is 12.2. The number of nitrogens with one attached hydrogen (secondary N) is 1. The van der Waals surface area contributed by atoms with Crippen molar-refractivity contribution in [3.63, 3.8) is 0 Å². The normalized spacial score (nSPS) is 19.8. The van der Waals surface area contributed by atoms with E-state index in [0.29, 0.717) is 12.0 Å². The molecule has 0 aliphatic heterocycles. The van der Waals surface area contributed by atoms with Gasteiger partial charge in [-0.2, -0.15) is 0 Å². The third-order valence-electron chi connectivity index (χ3n) is 3.13. The first kappa shape index (κ1) is 13.5. The fraction of sp³-hybridized carbons (Fsp3) is 0.923. The van der Waals surface area contributed by atoms with E-state index in [-0.39, 0.29) is 18.1 Å². The molecule has 1 rings (SSSR count). The second-order valence-electron chi connectivity index (χ2n) is 5.80. The van der Waals surface area contributed by atoms with Crippen LogP contribution < -0.4 is 5.32 Å². The van der Waals surface area contributed by atoms with Crippen LogP contribution in [0.25, 0.3) is 0 Å². The first-order valence-electron chi connectivity index (χ1n) is 6.32. The van der Waals surface area contributed by atoms with Crippen LogP contribution >= 0.6 is 0 Å². The minimum Gasteiger partial charge on any atom is -0.366 e. The molecule has 0 saturated heterocycles. The Kier molecular flexibility index (Phi) is 4.78. The molecule has 3 nitrogen and oxygen atoms in total. The Morgan fingerprint density at radius 1 is 1.38 bits per heavy atom. The van der Waals surface area contributed by atoms with Crippen molar-refractivity contribution in [1.82, 2.24) is 5.32 Å². The van der Waals surface area contributed by atoms with Crippen molar-refractivity contribution in [2.45, 2.75) is 65.0 Å². The van der Waals surface area contributed by atoms with Crippen molar-refractivity contribution in [3.8, 4) is 0 Å². The van der Waals surface area contributed by atoms with E-state index in [0.717, 1.165) is 0 Å². The lowest BCUT2D eigenvalue weighted by Crippen LogP contribution is -2.40. The quantitative estimate of drug-likeness (QED) is 0.801. The summed E-state index contributed by atoms with van der Waals surface area (Å²) in [5.74, 6) is 0.674. The van der Waals surface area contributed by atoms with Crippen molar-refractivity contribution in [1.29, 1.82) is 0 Å². The lowest BCUT2D eigenvalue weighted by atomic mass is 10.00. The van der Waals surface area contributed by atoms with E-state index in [9.17, 15) is 4.79 Å². The molecule has 1 fully saturated rings. The Bertz CT molecular complexity index is 227. The predicted molar refractivity (Wildman–Crippen MR) is 65.3 cm³/mol. The smallest absolute Gasteiger partial charge is 0.246 e. The maximum Gasteiger partial charge on any atom is 0.246 e. The summed E-state index contributed by atoms with van der Waals surface area (Å²) in [6.07, 6.45) is 5.12. The Morgan fingerprint density at radius 3 is 2.44 bits per heavy atom. The molecule has 1 saturated carbocycles. The van der Waals surface area contributed by atoms with E-state index in [1.807, 2.05) is 20.8 Å². The molecule has 1 N–H and O–H groups in total. The van der Waals surface area contributed by atoms with E-state index in [1.54, 1.807) is 0 Å². The molecule has 0 aromatic rings. The topological polar surface area (TPSA) is 38.3 Å². The lowest BCUT2D eigenvalue weighted by molar-refractivity contribution is -0.131. The van der Waals surface area contributed by atoms with Gasteiger partial charge in [-0.05, 0) is 46.5 Å². The average molecular weight is 227 g/mol. The van der Waals surface area contributed by atoms with Crippen molar-refractivity contribution >= 4 is 5.91 Å². The zero-order valence-electron chi connectivity index (χ0n) is 11.0. The van der Waals surface area contributed by atoms with Gasteiger partial charge in [0.05, 0.1) is 5.60 Å². The summed E-state index contributed by atoms with van der Waals surface area (Å²) in [6, 6.07) is 0.290. The minimum atomic E-state index is -0.242. The summed E-state index contributed by atoms with van der Waals surface area (Å²) in [4.78, 5) is 11.6. The summed E-state index contributed by atoms with van der Waals surface area (Å²) in [6.45, 7) is 8.15. The van der Waals surface area contributed by atoms with Gasteiger partial charge in [-0.25, -0.2) is 0 Å². The number of rotatable bonds is 4. The second kappa shape index (κ2) is 5.67. The summed E-state index contributed by atoms with van der Waals surface area (Å²) in [5, 5.41) is 3.03. The van der Waals surface area contributed by atoms with Gasteiger partial charge in [-0.1, -0.05) is 12.8 Å². The number of ether oxygens (including phenoxy) is 1. The Morgan fingerprint density at radius 2 is 1.94 bits per heavy atom. The minimum absolute atomic E-state index is 0.00863. The monoisotopic (exact) mass is 227 g/mol. The van der Waals surface area contributed by atoms with E-state index < -0.39 is 0 Å². The summed E-state index contributed by atoms with van der Waals surface area (Å²) in [5.41, 5.74) is -0.242. The maximum absolute atomic E-state index is 11.6. The van der Waals surface area contributed by atoms with Gasteiger partial charge in [0.15, 0.2) is 0 Å². The molecule has 1 aliphatic rings. The van der Waals surface area contributed by atoms with Gasteiger partial charge in [-0.15, -0.1) is 0 Å². The average Bonchev–Trinajstić information content (AvgIpc) is 2.66. The van der Waals surface area contributed by atoms with Crippen molar-refractivity contribution in [2.24, 2.45) is 5.92 Å². The summed E-state index contributed by atoms with van der Waals surface area (Å²) >= 11 is 0. The number of hydrogen-bond acceptors (Lipinski definition) is 2. The molecular weight excluding hydrogens is 202 g/mol. The van der Waals surface area contributed by atoms with Crippen LogP contribution in [0.5, 0.6) is 0 Å². The van der Waals surface area contributed by atoms with E-state index in [4.69, 9.17) is 4.74 Å². The van der Waals surface area contributed by atoms with Crippen LogP contribution in [-0.4, -0.2) is 24.2 Å². The molecule has 0 unspecified atom stereocenters. The van der Waals surface area contributed by atoms with Gasteiger partial charge >= 0.3 is 0 Å². The molecule has 16 heavy (non-hydrogen) atoms. The first-order valence-corrected chi connectivity index (χ1v) is 6.32. The molecule has 1 atom stereocenters. The third kappa shape index (κ3) is 4.97. The largest absolute Gasteiger partial charge is 0.366 e. The molecule has 0 bridgehead atoms. The molecule has 0 aromatic heterocycles. The van der Waals surface area contributed by atoms with Gasteiger partial charge in [0.25, 0.3) is 0 Å². The predicted octanol–water partition coefficient (Wildman–Crippen LogP) is 2.50. The van der Waals surface area contributed by atoms with Crippen molar-refractivity contribution in [2.75, 3.05) is 6.61 Å². The highest BCUT2D eigenvalue weighted by atomic mass is 16.5. The van der Waals surface area contributed by atoms with E-state index in [1.165, 1.54) is 25.7 Å². The second-order valence-corrected chi connectivity index (χ2v) is 5.80. The van der Waals surface area contributed by atoms with Crippen molar-refractivity contribution in [3.05, 3.63) is 0 Å². The summed E-state index contributed by atoms with van der Waals surface area (Å²) in [7, 11) is 0. The van der Waals surface area contributed by atoms with E-state index in [2.05, 4.69) is 12.2 Å². The van der Waals surface area contributed by atoms with Gasteiger partial charge in [0.2, 0.25) is 5.91 Å². The first-order chi connectivity index (χ1) is 7.38. The molecule has 0 spiro atoms. The molecule has 0 heterocycles. The Balaban J connectivity index is 2.22. The highest BCUT2D eigenvalue weighted by Crippen LogP contribution is 2.27. The standard InChI is InChI=1S/C13H25NO2/c1-10(11-7-5-6-8-11)14-12(15)9-16-13(2,3)4/h10-11H,5-9H2,1-4H3,(H,14,15)/t10-/m0/s1. The lowest BCUT2D eigenvalue weighted by Gasteiger charge is -2.23. The van der Waals surface area contributed by atoms with Crippen LogP contribution in [0.2, 0.25) is 0 Å². The zero-order valence-corrected chi connectivity index (χ0v) is 11.0. The molecule has 0 aromatic carbocycles. The van der Waals surface area contributed by atoms with Gasteiger partial charge in [0, 0.05) is 6.04 Å². The fourth-order valence-corrected chi connectivity index (χ4v) is 2.15. The molecule has 0 radical (unpaired) electrons. The van der Waals surface area contributed by atoms with Crippen molar-refractivity contribution < 1.29 is 9.53 Å². The number of amides is 1. The Hall–Kier alpha value is -0.570. The molecule has 1 aliphatic carbocycles. The SMILES string of the molecule is C[C@H](NC(=O)COC(C)(C)C)C1CCCC1. The number of carbonyl (C=O) groups is 1. The molecular formula is C13H25NO2. The number of hydrogen-bond donors (Lipinski definition) is 1. The van der Waals surface area contributed by atoms with Gasteiger partial charge < -0.3 is 10.1 Å². The Labute approximate surface area is 98.9 Å². The van der Waals surface area contributed by atoms with Crippen LogP contribution in [-0.2, 0) is 9.53 Å². The van der Waals surface area contributed by atoms with Gasteiger partial charge in [0.1, 0.15) is 6.61 Å². The molecule has 3 heteroatoms. The highest BCUT2D eigenvalue weighted by molar-refractivity contribution is 5.77. The van der Waals surface area contributed by atoms with Crippen LogP contribution in [0.1, 0.15) is 53.4 Å². The molecule has 94 valence electrons. The van der Waals surface area contributed by atoms with Crippen LogP contribution in [0.3, 0.4) is 0 Å². The maximum atomic E-state index is 11.6. The third-order valence-corrected chi connectivity index (χ3v) is 3.13. The van der Waals surface area contributed by atoms with Crippen LogP contribution in [0.15, 0.2) is 0 Å². The summed E-state index contributed by atoms with van der Waals surface area (Å²) < 4.78 is 5.44. The van der Waals surface area contributed by atoms with Crippen LogP contribution in [0.4, 0.5) is 0 Å². The number of carbonyl (C=O) groups excluding carboxylic acids is 1. The fourth-order valence-electron chi connectivity index (χ4n) is 2.15. The van der Waals surface area contributed by atoms with E-state index >= 15 is 0 Å². The van der Waals surface area contributed by atoms with Crippen LogP contribution in [0, 0.1) is 5.92 Å². The highest BCUT2D eigenvalue weighted by Gasteiger charge is 2.23.